The van der Waals surface area contributed by atoms with Gasteiger partial charge < -0.3 is 10.1 Å². The molecule has 0 bridgehead atoms. The van der Waals surface area contributed by atoms with Crippen molar-refractivity contribution in [2.45, 2.75) is 13.3 Å². The fourth-order valence-electron chi connectivity index (χ4n) is 1.63. The van der Waals surface area contributed by atoms with Gasteiger partial charge in [0.05, 0.1) is 23.1 Å². The van der Waals surface area contributed by atoms with Crippen LogP contribution in [0.5, 0.6) is 0 Å². The normalized spacial score (nSPS) is 10.3. The minimum atomic E-state index is -0.510. The SMILES string of the molecule is CCOC(=O)c1csc(NC(=O)Cc2ccc(Cl)c(Cl)c2)n1. The van der Waals surface area contributed by atoms with Gasteiger partial charge in [-0.2, -0.15) is 0 Å². The number of esters is 1. The predicted molar refractivity (Wildman–Crippen MR) is 86.9 cm³/mol. The van der Waals surface area contributed by atoms with E-state index in [2.05, 4.69) is 10.3 Å². The lowest BCUT2D eigenvalue weighted by Crippen LogP contribution is -2.14. The molecule has 1 heterocycles. The molecular formula is C14H12Cl2N2O3S. The third-order valence-electron chi connectivity index (χ3n) is 2.58. The number of rotatable bonds is 5. The second-order valence-electron chi connectivity index (χ2n) is 4.23. The Morgan fingerprint density at radius 1 is 1.32 bits per heavy atom. The van der Waals surface area contributed by atoms with Crippen molar-refractivity contribution >= 4 is 51.5 Å². The van der Waals surface area contributed by atoms with Gasteiger partial charge in [0.1, 0.15) is 0 Å². The lowest BCUT2D eigenvalue weighted by Gasteiger charge is -2.03. The van der Waals surface area contributed by atoms with E-state index in [1.165, 1.54) is 5.38 Å². The summed E-state index contributed by atoms with van der Waals surface area (Å²) in [5, 5.41) is 5.33. The molecule has 2 aromatic rings. The largest absolute Gasteiger partial charge is 0.461 e. The van der Waals surface area contributed by atoms with Gasteiger partial charge in [0, 0.05) is 5.38 Å². The summed E-state index contributed by atoms with van der Waals surface area (Å²) in [7, 11) is 0. The number of thiazole rings is 1. The smallest absolute Gasteiger partial charge is 0.357 e. The summed E-state index contributed by atoms with van der Waals surface area (Å²) in [6.07, 6.45) is 0.130. The monoisotopic (exact) mass is 358 g/mol. The molecule has 5 nitrogen and oxygen atoms in total. The molecule has 0 unspecified atom stereocenters. The molecule has 0 saturated carbocycles. The van der Waals surface area contributed by atoms with Crippen LogP contribution in [0.2, 0.25) is 10.0 Å². The molecule has 22 heavy (non-hydrogen) atoms. The fourth-order valence-corrected chi connectivity index (χ4v) is 2.65. The van der Waals surface area contributed by atoms with E-state index >= 15 is 0 Å². The maximum absolute atomic E-state index is 11.9. The molecular weight excluding hydrogens is 347 g/mol. The van der Waals surface area contributed by atoms with Crippen LogP contribution < -0.4 is 5.32 Å². The van der Waals surface area contributed by atoms with Gasteiger partial charge in [0.2, 0.25) is 5.91 Å². The number of ether oxygens (including phenoxy) is 1. The predicted octanol–water partition coefficient (Wildman–Crippen LogP) is 3.81. The zero-order valence-electron chi connectivity index (χ0n) is 11.6. The first-order chi connectivity index (χ1) is 10.5. The summed E-state index contributed by atoms with van der Waals surface area (Å²) in [4.78, 5) is 27.4. The second-order valence-corrected chi connectivity index (χ2v) is 5.90. The lowest BCUT2D eigenvalue weighted by atomic mass is 10.1. The highest BCUT2D eigenvalue weighted by molar-refractivity contribution is 7.14. The first-order valence-corrected chi connectivity index (χ1v) is 7.99. The van der Waals surface area contributed by atoms with Crippen LogP contribution in [0.1, 0.15) is 23.0 Å². The molecule has 1 aromatic carbocycles. The third-order valence-corrected chi connectivity index (χ3v) is 4.08. The maximum Gasteiger partial charge on any atom is 0.357 e. The third kappa shape index (κ3) is 4.43. The Labute approximate surface area is 141 Å². The number of hydrogen-bond donors (Lipinski definition) is 1. The highest BCUT2D eigenvalue weighted by atomic mass is 35.5. The standard InChI is InChI=1S/C14H12Cl2N2O3S/c1-2-21-13(20)11-7-22-14(17-11)18-12(19)6-8-3-4-9(15)10(16)5-8/h3-5,7H,2,6H2,1H3,(H,17,18,19). The lowest BCUT2D eigenvalue weighted by molar-refractivity contribution is -0.115. The summed E-state index contributed by atoms with van der Waals surface area (Å²) < 4.78 is 4.83. The van der Waals surface area contributed by atoms with E-state index in [0.29, 0.717) is 15.2 Å². The summed E-state index contributed by atoms with van der Waals surface area (Å²) in [6, 6.07) is 4.99. The van der Waals surface area contributed by atoms with Gasteiger partial charge >= 0.3 is 5.97 Å². The highest BCUT2D eigenvalue weighted by Crippen LogP contribution is 2.23. The summed E-state index contributed by atoms with van der Waals surface area (Å²) in [5.74, 6) is -0.771. The Bertz CT molecular complexity index is 703. The van der Waals surface area contributed by atoms with E-state index in [1.807, 2.05) is 0 Å². The Morgan fingerprint density at radius 3 is 2.77 bits per heavy atom. The minimum Gasteiger partial charge on any atom is -0.461 e. The number of carbonyl (C=O) groups is 2. The molecule has 8 heteroatoms. The molecule has 0 aliphatic carbocycles. The van der Waals surface area contributed by atoms with Crippen molar-refractivity contribution in [2.75, 3.05) is 11.9 Å². The van der Waals surface area contributed by atoms with E-state index in [-0.39, 0.29) is 24.6 Å². The molecule has 0 spiro atoms. The molecule has 1 amide bonds. The van der Waals surface area contributed by atoms with Gasteiger partial charge in [0.25, 0.3) is 0 Å². The van der Waals surface area contributed by atoms with Gasteiger partial charge in [-0.3, -0.25) is 4.79 Å². The van der Waals surface area contributed by atoms with Gasteiger partial charge in [0.15, 0.2) is 10.8 Å². The number of benzene rings is 1. The van der Waals surface area contributed by atoms with Gasteiger partial charge in [-0.25, -0.2) is 9.78 Å². The number of halogens is 2. The number of amides is 1. The number of nitrogens with zero attached hydrogens (tertiary/aromatic N) is 1. The van der Waals surface area contributed by atoms with Crippen molar-refractivity contribution in [1.82, 2.24) is 4.98 Å². The Balaban J connectivity index is 1.97. The topological polar surface area (TPSA) is 68.3 Å². The molecule has 0 aliphatic rings. The number of hydrogen-bond acceptors (Lipinski definition) is 5. The zero-order chi connectivity index (χ0) is 16.1. The maximum atomic E-state index is 11.9. The highest BCUT2D eigenvalue weighted by Gasteiger charge is 2.13. The summed E-state index contributed by atoms with van der Waals surface area (Å²) in [5.41, 5.74) is 0.908. The van der Waals surface area contributed by atoms with Crippen LogP contribution in [-0.4, -0.2) is 23.5 Å². The van der Waals surface area contributed by atoms with Crippen LogP contribution in [0, 0.1) is 0 Å². The van der Waals surface area contributed by atoms with Crippen molar-refractivity contribution in [3.8, 4) is 0 Å². The summed E-state index contributed by atoms with van der Waals surface area (Å²) >= 11 is 12.9. The Kier molecular flexibility index (Phi) is 5.76. The van der Waals surface area contributed by atoms with Crippen molar-refractivity contribution in [3.05, 3.63) is 44.9 Å². The molecule has 0 fully saturated rings. The van der Waals surface area contributed by atoms with Crippen molar-refractivity contribution in [3.63, 3.8) is 0 Å². The molecule has 0 radical (unpaired) electrons. The van der Waals surface area contributed by atoms with Crippen LogP contribution in [0.3, 0.4) is 0 Å². The average Bonchev–Trinajstić information content (AvgIpc) is 2.91. The molecule has 1 N–H and O–H groups in total. The molecule has 116 valence electrons. The van der Waals surface area contributed by atoms with E-state index < -0.39 is 5.97 Å². The van der Waals surface area contributed by atoms with Gasteiger partial charge in [-0.1, -0.05) is 29.3 Å². The van der Waals surface area contributed by atoms with Crippen LogP contribution in [0.4, 0.5) is 5.13 Å². The molecule has 2 rings (SSSR count). The number of aromatic nitrogens is 1. The Morgan fingerprint density at radius 2 is 2.09 bits per heavy atom. The van der Waals surface area contributed by atoms with E-state index in [0.717, 1.165) is 16.9 Å². The van der Waals surface area contributed by atoms with Gasteiger partial charge in [-0.15, -0.1) is 11.3 Å². The van der Waals surface area contributed by atoms with Crippen molar-refractivity contribution in [2.24, 2.45) is 0 Å². The van der Waals surface area contributed by atoms with Gasteiger partial charge in [-0.05, 0) is 24.6 Å². The summed E-state index contributed by atoms with van der Waals surface area (Å²) in [6.45, 7) is 1.99. The number of anilines is 1. The van der Waals surface area contributed by atoms with Crippen molar-refractivity contribution < 1.29 is 14.3 Å². The molecule has 0 atom stereocenters. The minimum absolute atomic E-state index is 0.130. The molecule has 0 aliphatic heterocycles. The van der Waals surface area contributed by atoms with Crippen LogP contribution in [0.25, 0.3) is 0 Å². The fraction of sp³-hybridized carbons (Fsp3) is 0.214. The number of nitrogens with one attached hydrogen (secondary N) is 1. The second kappa shape index (κ2) is 7.58. The Hall–Kier alpha value is -1.63. The van der Waals surface area contributed by atoms with Crippen molar-refractivity contribution in [1.29, 1.82) is 0 Å². The first-order valence-electron chi connectivity index (χ1n) is 6.36. The zero-order valence-corrected chi connectivity index (χ0v) is 13.9. The molecule has 1 aromatic heterocycles. The van der Waals surface area contributed by atoms with E-state index in [1.54, 1.807) is 25.1 Å². The van der Waals surface area contributed by atoms with Crippen LogP contribution in [-0.2, 0) is 16.0 Å². The number of carbonyl (C=O) groups excluding carboxylic acids is 2. The van der Waals surface area contributed by atoms with E-state index in [9.17, 15) is 9.59 Å². The van der Waals surface area contributed by atoms with Crippen LogP contribution >= 0.6 is 34.5 Å². The quantitative estimate of drug-likeness (QED) is 0.825. The van der Waals surface area contributed by atoms with Crippen LogP contribution in [0.15, 0.2) is 23.6 Å². The van der Waals surface area contributed by atoms with E-state index in [4.69, 9.17) is 27.9 Å². The average molecular weight is 359 g/mol. The first kappa shape index (κ1) is 16.7. The molecule has 0 saturated heterocycles.